The zero-order valence-corrected chi connectivity index (χ0v) is 11.7. The van der Waals surface area contributed by atoms with E-state index in [0.717, 1.165) is 16.9 Å². The topological polar surface area (TPSA) is 49.4 Å². The molecule has 2 aromatic carbocycles. The zero-order valence-electron chi connectivity index (χ0n) is 11.7. The van der Waals surface area contributed by atoms with Crippen LogP contribution >= 0.6 is 0 Å². The highest BCUT2D eigenvalue weighted by Crippen LogP contribution is 2.36. The summed E-state index contributed by atoms with van der Waals surface area (Å²) in [5.41, 5.74) is 2.52. The Morgan fingerprint density at radius 1 is 1.10 bits per heavy atom. The second-order valence-corrected chi connectivity index (χ2v) is 5.13. The summed E-state index contributed by atoms with van der Waals surface area (Å²) in [5, 5.41) is 3.26. The summed E-state index contributed by atoms with van der Waals surface area (Å²) in [6, 6.07) is 16.6. The van der Waals surface area contributed by atoms with Gasteiger partial charge in [-0.1, -0.05) is 42.5 Å². The molecule has 1 atom stereocenters. The molecule has 0 radical (unpaired) electrons. The average molecular weight is 280 g/mol. The Morgan fingerprint density at radius 3 is 2.48 bits per heavy atom. The number of hydrogen-bond acceptors (Lipinski definition) is 3. The number of carbonyl (C=O) groups is 2. The molecule has 0 aliphatic carbocycles. The molecule has 2 aromatic rings. The number of para-hydroxylation sites is 2. The molecule has 0 aromatic heterocycles. The summed E-state index contributed by atoms with van der Waals surface area (Å²) >= 11 is 0. The van der Waals surface area contributed by atoms with E-state index >= 15 is 0 Å². The minimum atomic E-state index is -0.458. The van der Waals surface area contributed by atoms with E-state index in [0.29, 0.717) is 0 Å². The maximum absolute atomic E-state index is 12.7. The number of fused-ring (bicyclic) bond motifs is 1. The first-order valence-corrected chi connectivity index (χ1v) is 6.88. The van der Waals surface area contributed by atoms with Crippen molar-refractivity contribution in [2.45, 2.75) is 13.0 Å². The second-order valence-electron chi connectivity index (χ2n) is 5.13. The van der Waals surface area contributed by atoms with Crippen LogP contribution in [-0.2, 0) is 9.59 Å². The summed E-state index contributed by atoms with van der Waals surface area (Å²) < 4.78 is 0. The lowest BCUT2D eigenvalue weighted by Gasteiger charge is -2.35. The van der Waals surface area contributed by atoms with E-state index < -0.39 is 6.04 Å². The van der Waals surface area contributed by atoms with Crippen LogP contribution < -0.4 is 10.2 Å². The summed E-state index contributed by atoms with van der Waals surface area (Å²) in [4.78, 5) is 25.8. The molecule has 0 saturated carbocycles. The van der Waals surface area contributed by atoms with Crippen LogP contribution in [0.1, 0.15) is 18.5 Å². The monoisotopic (exact) mass is 280 g/mol. The molecule has 0 saturated heterocycles. The molecule has 1 aliphatic rings. The molecule has 1 amide bonds. The maximum Gasteiger partial charge on any atom is 0.254 e. The number of nitrogens with one attached hydrogen (secondary N) is 1. The summed E-state index contributed by atoms with van der Waals surface area (Å²) in [7, 11) is 0. The van der Waals surface area contributed by atoms with E-state index in [4.69, 9.17) is 0 Å². The van der Waals surface area contributed by atoms with Crippen molar-refractivity contribution in [3.63, 3.8) is 0 Å². The van der Waals surface area contributed by atoms with Crippen LogP contribution in [0.5, 0.6) is 0 Å². The van der Waals surface area contributed by atoms with Gasteiger partial charge in [-0.25, -0.2) is 0 Å². The van der Waals surface area contributed by atoms with Gasteiger partial charge in [0, 0.05) is 0 Å². The molecule has 3 rings (SSSR count). The maximum atomic E-state index is 12.7. The van der Waals surface area contributed by atoms with Crippen LogP contribution in [0, 0.1) is 0 Å². The van der Waals surface area contributed by atoms with Crippen molar-refractivity contribution in [3.05, 3.63) is 60.2 Å². The van der Waals surface area contributed by atoms with Gasteiger partial charge in [-0.15, -0.1) is 0 Å². The third-order valence-electron chi connectivity index (χ3n) is 3.52. The van der Waals surface area contributed by atoms with Gasteiger partial charge in [-0.05, 0) is 24.6 Å². The van der Waals surface area contributed by atoms with Crippen molar-refractivity contribution in [1.82, 2.24) is 0 Å². The minimum absolute atomic E-state index is 0.0353. The molecule has 1 heterocycles. The van der Waals surface area contributed by atoms with Gasteiger partial charge in [0.15, 0.2) is 0 Å². The number of rotatable bonds is 3. The fourth-order valence-electron chi connectivity index (χ4n) is 2.58. The number of ketones is 1. The van der Waals surface area contributed by atoms with Gasteiger partial charge in [-0.2, -0.15) is 0 Å². The smallest absolute Gasteiger partial charge is 0.254 e. The highest BCUT2D eigenvalue weighted by Gasteiger charge is 2.33. The van der Waals surface area contributed by atoms with E-state index in [1.165, 1.54) is 6.92 Å². The zero-order chi connectivity index (χ0) is 14.8. The standard InChI is InChI=1S/C17H16N2O2/c1-12(20)11-19-15-10-6-5-9-14(15)18-16(17(19)21)13-7-3-2-4-8-13/h2-10,16,18H,11H2,1H3. The fraction of sp³-hybridized carbons (Fsp3) is 0.176. The quantitative estimate of drug-likeness (QED) is 0.940. The molecular weight excluding hydrogens is 264 g/mol. The van der Waals surface area contributed by atoms with Crippen LogP contribution in [-0.4, -0.2) is 18.2 Å². The van der Waals surface area contributed by atoms with E-state index in [1.54, 1.807) is 4.90 Å². The summed E-state index contributed by atoms with van der Waals surface area (Å²) in [6.07, 6.45) is 0. The molecule has 0 bridgehead atoms. The van der Waals surface area contributed by atoms with Gasteiger partial charge in [0.1, 0.15) is 11.8 Å². The molecule has 4 nitrogen and oxygen atoms in total. The Balaban J connectivity index is 2.04. The molecule has 1 aliphatic heterocycles. The fourth-order valence-corrected chi connectivity index (χ4v) is 2.58. The van der Waals surface area contributed by atoms with Crippen LogP contribution in [0.3, 0.4) is 0 Å². The molecular formula is C17H16N2O2. The predicted octanol–water partition coefficient (Wildman–Crippen LogP) is 2.78. The molecule has 4 heteroatoms. The number of benzene rings is 2. The molecule has 106 valence electrons. The average Bonchev–Trinajstić information content (AvgIpc) is 2.50. The Morgan fingerprint density at radius 2 is 1.76 bits per heavy atom. The molecule has 0 spiro atoms. The number of nitrogens with zero attached hydrogens (tertiary/aromatic N) is 1. The largest absolute Gasteiger partial charge is 0.368 e. The van der Waals surface area contributed by atoms with Gasteiger partial charge < -0.3 is 10.2 Å². The number of amides is 1. The van der Waals surface area contributed by atoms with Crippen LogP contribution in [0.2, 0.25) is 0 Å². The molecule has 1 N–H and O–H groups in total. The summed E-state index contributed by atoms with van der Waals surface area (Å²) in [6.45, 7) is 1.59. The lowest BCUT2D eigenvalue weighted by atomic mass is 10.0. The number of carbonyl (C=O) groups excluding carboxylic acids is 2. The Labute approximate surface area is 123 Å². The van der Waals surface area contributed by atoms with Gasteiger partial charge in [0.2, 0.25) is 0 Å². The molecule has 21 heavy (non-hydrogen) atoms. The molecule has 1 unspecified atom stereocenters. The number of anilines is 2. The first-order valence-electron chi connectivity index (χ1n) is 6.88. The van der Waals surface area contributed by atoms with E-state index in [1.807, 2.05) is 54.6 Å². The van der Waals surface area contributed by atoms with Crippen molar-refractivity contribution in [2.24, 2.45) is 0 Å². The van der Waals surface area contributed by atoms with E-state index in [-0.39, 0.29) is 18.2 Å². The van der Waals surface area contributed by atoms with Crippen molar-refractivity contribution >= 4 is 23.1 Å². The van der Waals surface area contributed by atoms with Crippen LogP contribution in [0.15, 0.2) is 54.6 Å². The SMILES string of the molecule is CC(=O)CN1C(=O)C(c2ccccc2)Nc2ccccc21. The van der Waals surface area contributed by atoms with Crippen LogP contribution in [0.4, 0.5) is 11.4 Å². The normalized spacial score (nSPS) is 17.1. The molecule has 0 fully saturated rings. The highest BCUT2D eigenvalue weighted by molar-refractivity contribution is 6.08. The lowest BCUT2D eigenvalue weighted by Crippen LogP contribution is -2.44. The van der Waals surface area contributed by atoms with Crippen LogP contribution in [0.25, 0.3) is 0 Å². The Kier molecular flexibility index (Phi) is 3.44. The van der Waals surface area contributed by atoms with Crippen molar-refractivity contribution < 1.29 is 9.59 Å². The van der Waals surface area contributed by atoms with Gasteiger partial charge in [-0.3, -0.25) is 9.59 Å². The predicted molar refractivity (Wildman–Crippen MR) is 82.3 cm³/mol. The number of hydrogen-bond donors (Lipinski definition) is 1. The first kappa shape index (κ1) is 13.4. The number of Topliss-reactive ketones (excluding diaryl/α,β-unsaturated/α-hetero) is 1. The van der Waals surface area contributed by atoms with Crippen molar-refractivity contribution in [2.75, 3.05) is 16.8 Å². The first-order chi connectivity index (χ1) is 10.2. The van der Waals surface area contributed by atoms with Crippen molar-refractivity contribution in [1.29, 1.82) is 0 Å². The van der Waals surface area contributed by atoms with Gasteiger partial charge >= 0.3 is 0 Å². The third-order valence-corrected chi connectivity index (χ3v) is 3.52. The van der Waals surface area contributed by atoms with Gasteiger partial charge in [0.05, 0.1) is 17.9 Å². The summed E-state index contributed by atoms with van der Waals surface area (Å²) in [5.74, 6) is -0.137. The van der Waals surface area contributed by atoms with Crippen molar-refractivity contribution in [3.8, 4) is 0 Å². The lowest BCUT2D eigenvalue weighted by molar-refractivity contribution is -0.122. The third kappa shape index (κ3) is 2.52. The highest BCUT2D eigenvalue weighted by atomic mass is 16.2. The van der Waals surface area contributed by atoms with E-state index in [2.05, 4.69) is 5.32 Å². The minimum Gasteiger partial charge on any atom is -0.368 e. The Hall–Kier alpha value is -2.62. The van der Waals surface area contributed by atoms with Gasteiger partial charge in [0.25, 0.3) is 5.91 Å². The van der Waals surface area contributed by atoms with E-state index in [9.17, 15) is 9.59 Å². The second kappa shape index (κ2) is 5.40. The Bertz CT molecular complexity index is 682.